The molecule has 1 N–H and O–H groups in total. The number of rotatable bonds is 4. The SMILES string of the molecule is C=C(C)[C@H](NC(=O)CC(F)(F)F)c1ccc(F)c(F)c1. The summed E-state index contributed by atoms with van der Waals surface area (Å²) in [6, 6.07) is 1.80. The molecule has 0 saturated heterocycles. The molecule has 0 unspecified atom stereocenters. The van der Waals surface area contributed by atoms with Gasteiger partial charge in [0, 0.05) is 0 Å². The van der Waals surface area contributed by atoms with E-state index in [2.05, 4.69) is 11.9 Å². The Hall–Kier alpha value is -1.92. The van der Waals surface area contributed by atoms with Gasteiger partial charge in [0.2, 0.25) is 5.91 Å². The molecule has 0 heterocycles. The molecule has 0 aliphatic carbocycles. The van der Waals surface area contributed by atoms with Gasteiger partial charge in [-0.2, -0.15) is 13.2 Å². The van der Waals surface area contributed by atoms with Gasteiger partial charge in [0.25, 0.3) is 0 Å². The van der Waals surface area contributed by atoms with Gasteiger partial charge in [-0.1, -0.05) is 18.2 Å². The van der Waals surface area contributed by atoms with Crippen LogP contribution >= 0.6 is 0 Å². The van der Waals surface area contributed by atoms with Crippen molar-refractivity contribution in [3.05, 3.63) is 47.5 Å². The van der Waals surface area contributed by atoms with Crippen molar-refractivity contribution in [3.8, 4) is 0 Å². The van der Waals surface area contributed by atoms with E-state index in [-0.39, 0.29) is 5.56 Å². The van der Waals surface area contributed by atoms with Crippen molar-refractivity contribution in [2.45, 2.75) is 25.6 Å². The Morgan fingerprint density at radius 1 is 1.30 bits per heavy atom. The number of alkyl halides is 3. The highest BCUT2D eigenvalue weighted by Crippen LogP contribution is 2.24. The summed E-state index contributed by atoms with van der Waals surface area (Å²) in [6.45, 7) is 4.98. The van der Waals surface area contributed by atoms with Crippen LogP contribution in [0, 0.1) is 11.6 Å². The smallest absolute Gasteiger partial charge is 0.345 e. The van der Waals surface area contributed by atoms with E-state index < -0.39 is 36.2 Å². The molecule has 1 amide bonds. The van der Waals surface area contributed by atoms with Gasteiger partial charge in [-0.3, -0.25) is 4.79 Å². The number of nitrogens with one attached hydrogen (secondary N) is 1. The van der Waals surface area contributed by atoms with Crippen molar-refractivity contribution in [1.29, 1.82) is 0 Å². The molecule has 0 aromatic heterocycles. The van der Waals surface area contributed by atoms with E-state index in [9.17, 15) is 26.7 Å². The zero-order valence-corrected chi connectivity index (χ0v) is 10.5. The van der Waals surface area contributed by atoms with Crippen molar-refractivity contribution < 1.29 is 26.7 Å². The van der Waals surface area contributed by atoms with Crippen LogP contribution in [0.4, 0.5) is 22.0 Å². The summed E-state index contributed by atoms with van der Waals surface area (Å²) in [4.78, 5) is 11.3. The molecule has 0 saturated carbocycles. The third-order valence-corrected chi connectivity index (χ3v) is 2.44. The highest BCUT2D eigenvalue weighted by Gasteiger charge is 2.32. The summed E-state index contributed by atoms with van der Waals surface area (Å²) >= 11 is 0. The van der Waals surface area contributed by atoms with Gasteiger partial charge < -0.3 is 5.32 Å². The van der Waals surface area contributed by atoms with Crippen LogP contribution in [-0.2, 0) is 4.79 Å². The quantitative estimate of drug-likeness (QED) is 0.666. The van der Waals surface area contributed by atoms with E-state index in [0.29, 0.717) is 5.57 Å². The molecule has 7 heteroatoms. The molecule has 0 bridgehead atoms. The van der Waals surface area contributed by atoms with E-state index >= 15 is 0 Å². The standard InChI is InChI=1S/C13H12F5NO/c1-7(2)12(19-11(20)6-13(16,17)18)8-3-4-9(14)10(15)5-8/h3-5,12H,1,6H2,2H3,(H,19,20)/t12-/m0/s1. The Bertz CT molecular complexity index is 524. The predicted octanol–water partition coefficient (Wildman–Crippen LogP) is 3.65. The average Bonchev–Trinajstić information content (AvgIpc) is 2.27. The number of hydrogen-bond donors (Lipinski definition) is 1. The maximum atomic E-state index is 13.1. The minimum Gasteiger partial charge on any atom is -0.345 e. The van der Waals surface area contributed by atoms with Crippen LogP contribution in [0.5, 0.6) is 0 Å². The van der Waals surface area contributed by atoms with E-state index in [1.165, 1.54) is 13.0 Å². The van der Waals surface area contributed by atoms with Gasteiger partial charge in [0.1, 0.15) is 6.42 Å². The molecule has 1 rings (SSSR count). The maximum Gasteiger partial charge on any atom is 0.397 e. The minimum absolute atomic E-state index is 0.118. The molecule has 0 fully saturated rings. The molecular weight excluding hydrogens is 281 g/mol. The fourth-order valence-electron chi connectivity index (χ4n) is 1.58. The monoisotopic (exact) mass is 293 g/mol. The zero-order chi connectivity index (χ0) is 15.5. The molecule has 1 atom stereocenters. The molecular formula is C13H12F5NO. The molecule has 0 spiro atoms. The predicted molar refractivity (Wildman–Crippen MR) is 62.7 cm³/mol. The normalized spacial score (nSPS) is 12.9. The Labute approximate surface area is 112 Å². The topological polar surface area (TPSA) is 29.1 Å². The second kappa shape index (κ2) is 6.02. The van der Waals surface area contributed by atoms with Gasteiger partial charge in [-0.25, -0.2) is 8.78 Å². The summed E-state index contributed by atoms with van der Waals surface area (Å²) in [5, 5.41) is 2.09. The van der Waals surface area contributed by atoms with Crippen molar-refractivity contribution in [3.63, 3.8) is 0 Å². The lowest BCUT2D eigenvalue weighted by molar-refractivity contribution is -0.154. The lowest BCUT2D eigenvalue weighted by atomic mass is 10.0. The largest absolute Gasteiger partial charge is 0.397 e. The second-order valence-electron chi connectivity index (χ2n) is 4.31. The van der Waals surface area contributed by atoms with Gasteiger partial charge in [0.15, 0.2) is 11.6 Å². The van der Waals surface area contributed by atoms with Gasteiger partial charge in [0.05, 0.1) is 6.04 Å². The Balaban J connectivity index is 2.92. The van der Waals surface area contributed by atoms with Crippen molar-refractivity contribution in [2.24, 2.45) is 0 Å². The lowest BCUT2D eigenvalue weighted by Gasteiger charge is -2.20. The summed E-state index contributed by atoms with van der Waals surface area (Å²) < 4.78 is 62.2. The third kappa shape index (κ3) is 4.64. The maximum absolute atomic E-state index is 13.1. The molecule has 110 valence electrons. The Morgan fingerprint density at radius 3 is 2.35 bits per heavy atom. The van der Waals surface area contributed by atoms with Crippen molar-refractivity contribution >= 4 is 5.91 Å². The van der Waals surface area contributed by atoms with Crippen LogP contribution in [0.2, 0.25) is 0 Å². The fourth-order valence-corrected chi connectivity index (χ4v) is 1.58. The summed E-state index contributed by atoms with van der Waals surface area (Å²) in [5.41, 5.74) is 0.415. The molecule has 0 aliphatic heterocycles. The van der Waals surface area contributed by atoms with E-state index in [1.54, 1.807) is 0 Å². The van der Waals surface area contributed by atoms with E-state index in [0.717, 1.165) is 12.1 Å². The van der Waals surface area contributed by atoms with Crippen molar-refractivity contribution in [1.82, 2.24) is 5.32 Å². The van der Waals surface area contributed by atoms with Crippen LogP contribution in [0.15, 0.2) is 30.4 Å². The highest BCUT2D eigenvalue weighted by molar-refractivity contribution is 5.77. The molecule has 0 radical (unpaired) electrons. The van der Waals surface area contributed by atoms with Crippen LogP contribution in [0.3, 0.4) is 0 Å². The Kier molecular flexibility index (Phi) is 4.86. The van der Waals surface area contributed by atoms with Crippen LogP contribution in [-0.4, -0.2) is 12.1 Å². The van der Waals surface area contributed by atoms with Gasteiger partial charge >= 0.3 is 6.18 Å². The van der Waals surface area contributed by atoms with Crippen LogP contribution in [0.25, 0.3) is 0 Å². The van der Waals surface area contributed by atoms with Crippen molar-refractivity contribution in [2.75, 3.05) is 0 Å². The molecule has 1 aromatic carbocycles. The number of hydrogen-bond acceptors (Lipinski definition) is 1. The summed E-state index contributed by atoms with van der Waals surface area (Å²) in [5.74, 6) is -3.51. The molecule has 0 aliphatic rings. The number of carbonyl (C=O) groups excluding carboxylic acids is 1. The summed E-state index contributed by atoms with van der Waals surface area (Å²) in [7, 11) is 0. The molecule has 2 nitrogen and oxygen atoms in total. The number of amides is 1. The first-order valence-corrected chi connectivity index (χ1v) is 5.56. The number of carbonyl (C=O) groups is 1. The Morgan fingerprint density at radius 2 is 1.90 bits per heavy atom. The van der Waals surface area contributed by atoms with E-state index in [4.69, 9.17) is 0 Å². The fraction of sp³-hybridized carbons (Fsp3) is 0.308. The van der Waals surface area contributed by atoms with E-state index in [1.807, 2.05) is 0 Å². The lowest BCUT2D eigenvalue weighted by Crippen LogP contribution is -2.32. The molecule has 1 aromatic rings. The second-order valence-corrected chi connectivity index (χ2v) is 4.31. The zero-order valence-electron chi connectivity index (χ0n) is 10.5. The van der Waals surface area contributed by atoms with Gasteiger partial charge in [-0.15, -0.1) is 0 Å². The van der Waals surface area contributed by atoms with Crippen LogP contribution < -0.4 is 5.32 Å². The average molecular weight is 293 g/mol. The third-order valence-electron chi connectivity index (χ3n) is 2.44. The summed E-state index contributed by atoms with van der Waals surface area (Å²) in [6.07, 6.45) is -6.29. The highest BCUT2D eigenvalue weighted by atomic mass is 19.4. The first-order chi connectivity index (χ1) is 9.10. The number of benzene rings is 1. The molecule has 20 heavy (non-hydrogen) atoms. The first-order valence-electron chi connectivity index (χ1n) is 5.56. The van der Waals surface area contributed by atoms with Gasteiger partial charge in [-0.05, 0) is 24.6 Å². The van der Waals surface area contributed by atoms with Crippen LogP contribution in [0.1, 0.15) is 24.9 Å². The first kappa shape index (κ1) is 16.1. The number of halogens is 5. The minimum atomic E-state index is -4.64.